The molecule has 2 aromatic rings. The molecule has 7 heteroatoms. The highest BCUT2D eigenvalue weighted by molar-refractivity contribution is 6.22. The van der Waals surface area contributed by atoms with Gasteiger partial charge in [-0.05, 0) is 44.2 Å². The zero-order valence-corrected chi connectivity index (χ0v) is 16.8. The summed E-state index contributed by atoms with van der Waals surface area (Å²) in [6, 6.07) is 13.2. The van der Waals surface area contributed by atoms with E-state index < -0.39 is 23.9 Å². The number of carbonyl (C=O) groups is 4. The average Bonchev–Trinajstić information content (AvgIpc) is 2.99. The molecule has 30 heavy (non-hydrogen) atoms. The zero-order chi connectivity index (χ0) is 21.8. The Morgan fingerprint density at radius 1 is 1.10 bits per heavy atom. The summed E-state index contributed by atoms with van der Waals surface area (Å²) in [4.78, 5) is 52.6. The number of carbonyl (C=O) groups excluding carboxylic acids is 4. The lowest BCUT2D eigenvalue weighted by atomic mass is 10.1. The molecular formula is C23H22N2O5. The summed E-state index contributed by atoms with van der Waals surface area (Å²) in [7, 11) is 0. The molecule has 1 aliphatic rings. The molecular weight excluding hydrogens is 384 g/mol. The first-order chi connectivity index (χ1) is 14.4. The highest BCUT2D eigenvalue weighted by atomic mass is 16.5. The van der Waals surface area contributed by atoms with E-state index in [1.165, 1.54) is 36.1 Å². The Balaban J connectivity index is 1.75. The van der Waals surface area contributed by atoms with Crippen molar-refractivity contribution in [2.24, 2.45) is 0 Å². The molecule has 3 rings (SSSR count). The van der Waals surface area contributed by atoms with Crippen molar-refractivity contribution < 1.29 is 23.9 Å². The largest absolute Gasteiger partial charge is 0.449 e. The first kappa shape index (κ1) is 21.0. The van der Waals surface area contributed by atoms with Crippen LogP contribution in [0.25, 0.3) is 0 Å². The molecule has 0 aromatic heterocycles. The molecule has 0 spiro atoms. The molecule has 1 aliphatic heterocycles. The predicted molar refractivity (Wildman–Crippen MR) is 111 cm³/mol. The molecule has 0 aliphatic carbocycles. The third-order valence-electron chi connectivity index (χ3n) is 4.80. The summed E-state index contributed by atoms with van der Waals surface area (Å²) in [5.74, 6) is -2.03. The van der Waals surface area contributed by atoms with E-state index in [9.17, 15) is 19.2 Å². The first-order valence-electron chi connectivity index (χ1n) is 9.57. The van der Waals surface area contributed by atoms with Crippen LogP contribution in [0.15, 0.2) is 61.2 Å². The van der Waals surface area contributed by atoms with Crippen LogP contribution in [0.2, 0.25) is 0 Å². The number of rotatable bonds is 7. The van der Waals surface area contributed by atoms with Gasteiger partial charge in [-0.3, -0.25) is 19.3 Å². The van der Waals surface area contributed by atoms with E-state index >= 15 is 0 Å². The van der Waals surface area contributed by atoms with Crippen LogP contribution in [0, 0.1) is 0 Å². The van der Waals surface area contributed by atoms with Crippen molar-refractivity contribution >= 4 is 29.4 Å². The summed E-state index contributed by atoms with van der Waals surface area (Å²) in [6.07, 6.45) is 0.427. The van der Waals surface area contributed by atoms with Crippen LogP contribution < -0.4 is 4.90 Å². The van der Waals surface area contributed by atoms with Crippen LogP contribution in [0.5, 0.6) is 0 Å². The number of anilines is 1. The molecule has 1 heterocycles. The SMILES string of the molecule is C=CCN1C(=O)c2ccc(C(=O)O[C@@H](C)C(=O)N(CC)c3ccccc3)cc2C1=O. The van der Waals surface area contributed by atoms with E-state index in [-0.39, 0.29) is 29.1 Å². The van der Waals surface area contributed by atoms with E-state index in [1.807, 2.05) is 25.1 Å². The third kappa shape index (κ3) is 3.87. The first-order valence-corrected chi connectivity index (χ1v) is 9.57. The fraction of sp³-hybridized carbons (Fsp3) is 0.217. The van der Waals surface area contributed by atoms with Crippen molar-refractivity contribution in [3.8, 4) is 0 Å². The average molecular weight is 406 g/mol. The Labute approximate surface area is 174 Å². The van der Waals surface area contributed by atoms with Crippen molar-refractivity contribution in [1.82, 2.24) is 4.90 Å². The maximum Gasteiger partial charge on any atom is 0.338 e. The summed E-state index contributed by atoms with van der Waals surface area (Å²) in [5.41, 5.74) is 1.16. The Hall–Kier alpha value is -3.74. The van der Waals surface area contributed by atoms with Crippen LogP contribution >= 0.6 is 0 Å². The van der Waals surface area contributed by atoms with Crippen LogP contribution in [-0.4, -0.2) is 47.8 Å². The van der Waals surface area contributed by atoms with Gasteiger partial charge in [0.1, 0.15) is 0 Å². The lowest BCUT2D eigenvalue weighted by Crippen LogP contribution is -2.40. The molecule has 0 bridgehead atoms. The molecule has 0 saturated heterocycles. The molecule has 0 unspecified atom stereocenters. The number of nitrogens with zero attached hydrogens (tertiary/aromatic N) is 2. The Kier molecular flexibility index (Phi) is 6.11. The number of hydrogen-bond donors (Lipinski definition) is 0. The second-order valence-electron chi connectivity index (χ2n) is 6.74. The molecule has 2 aromatic carbocycles. The number of imide groups is 1. The zero-order valence-electron chi connectivity index (χ0n) is 16.8. The summed E-state index contributed by atoms with van der Waals surface area (Å²) in [6.45, 7) is 7.37. The van der Waals surface area contributed by atoms with Crippen LogP contribution in [0.3, 0.4) is 0 Å². The monoisotopic (exact) mass is 406 g/mol. The molecule has 0 saturated carbocycles. The molecule has 0 fully saturated rings. The molecule has 7 nitrogen and oxygen atoms in total. The second kappa shape index (κ2) is 8.73. The Bertz CT molecular complexity index is 1020. The Morgan fingerprint density at radius 3 is 2.40 bits per heavy atom. The minimum Gasteiger partial charge on any atom is -0.449 e. The minimum absolute atomic E-state index is 0.0873. The quantitative estimate of drug-likeness (QED) is 0.401. The molecule has 1 atom stereocenters. The molecule has 0 N–H and O–H groups in total. The van der Waals surface area contributed by atoms with Crippen LogP contribution in [0.1, 0.15) is 44.9 Å². The summed E-state index contributed by atoms with van der Waals surface area (Å²) in [5, 5.41) is 0. The maximum absolute atomic E-state index is 12.8. The number of benzene rings is 2. The van der Waals surface area contributed by atoms with E-state index in [2.05, 4.69) is 6.58 Å². The number of para-hydroxylation sites is 1. The topological polar surface area (TPSA) is 84.0 Å². The van der Waals surface area contributed by atoms with Gasteiger partial charge in [0.25, 0.3) is 17.7 Å². The lowest BCUT2D eigenvalue weighted by Gasteiger charge is -2.24. The van der Waals surface area contributed by atoms with Crippen LogP contribution in [0.4, 0.5) is 5.69 Å². The number of hydrogen-bond acceptors (Lipinski definition) is 5. The smallest absolute Gasteiger partial charge is 0.338 e. The van der Waals surface area contributed by atoms with Gasteiger partial charge < -0.3 is 9.64 Å². The van der Waals surface area contributed by atoms with Crippen molar-refractivity contribution in [1.29, 1.82) is 0 Å². The fourth-order valence-electron chi connectivity index (χ4n) is 3.28. The number of likely N-dealkylation sites (N-methyl/N-ethyl adjacent to an activating group) is 1. The number of fused-ring (bicyclic) bond motifs is 1. The summed E-state index contributed by atoms with van der Waals surface area (Å²) >= 11 is 0. The van der Waals surface area contributed by atoms with E-state index in [1.54, 1.807) is 12.1 Å². The van der Waals surface area contributed by atoms with Gasteiger partial charge in [0.05, 0.1) is 16.7 Å². The normalized spacial score (nSPS) is 13.6. The van der Waals surface area contributed by atoms with Gasteiger partial charge in [-0.25, -0.2) is 4.79 Å². The Morgan fingerprint density at radius 2 is 1.77 bits per heavy atom. The van der Waals surface area contributed by atoms with E-state index in [0.717, 1.165) is 4.90 Å². The lowest BCUT2D eigenvalue weighted by molar-refractivity contribution is -0.126. The number of ether oxygens (including phenoxy) is 1. The van der Waals surface area contributed by atoms with Gasteiger partial charge in [-0.1, -0.05) is 24.3 Å². The second-order valence-corrected chi connectivity index (χ2v) is 6.74. The predicted octanol–water partition coefficient (Wildman–Crippen LogP) is 3.07. The number of esters is 1. The van der Waals surface area contributed by atoms with Crippen LogP contribution in [-0.2, 0) is 9.53 Å². The van der Waals surface area contributed by atoms with Crippen molar-refractivity contribution in [3.05, 3.63) is 77.9 Å². The van der Waals surface area contributed by atoms with Gasteiger partial charge in [-0.15, -0.1) is 6.58 Å². The fourth-order valence-corrected chi connectivity index (χ4v) is 3.28. The molecule has 154 valence electrons. The van der Waals surface area contributed by atoms with Gasteiger partial charge in [0, 0.05) is 18.8 Å². The van der Waals surface area contributed by atoms with Crippen molar-refractivity contribution in [2.75, 3.05) is 18.0 Å². The van der Waals surface area contributed by atoms with Gasteiger partial charge >= 0.3 is 5.97 Å². The highest BCUT2D eigenvalue weighted by Gasteiger charge is 2.35. The summed E-state index contributed by atoms with van der Waals surface area (Å²) < 4.78 is 5.34. The van der Waals surface area contributed by atoms with E-state index in [0.29, 0.717) is 12.2 Å². The number of amides is 3. The highest BCUT2D eigenvalue weighted by Crippen LogP contribution is 2.24. The third-order valence-corrected chi connectivity index (χ3v) is 4.80. The van der Waals surface area contributed by atoms with E-state index in [4.69, 9.17) is 4.74 Å². The van der Waals surface area contributed by atoms with Crippen molar-refractivity contribution in [3.63, 3.8) is 0 Å². The minimum atomic E-state index is -1.03. The van der Waals surface area contributed by atoms with Gasteiger partial charge in [0.15, 0.2) is 6.10 Å². The van der Waals surface area contributed by atoms with Gasteiger partial charge in [-0.2, -0.15) is 0 Å². The molecule has 3 amide bonds. The molecule has 0 radical (unpaired) electrons. The maximum atomic E-state index is 12.8. The standard InChI is InChI=1S/C23H22N2O5/c1-4-13-25-21(27)18-12-11-16(14-19(18)22(25)28)23(29)30-15(3)20(26)24(5-2)17-9-7-6-8-10-17/h4,6-12,14-15H,1,5,13H2,2-3H3/t15-/m0/s1. The van der Waals surface area contributed by atoms with Gasteiger partial charge in [0.2, 0.25) is 0 Å². The van der Waals surface area contributed by atoms with Crippen molar-refractivity contribution in [2.45, 2.75) is 20.0 Å².